The first kappa shape index (κ1) is 11.6. The Hall–Kier alpha value is -0.351. The fourth-order valence-corrected chi connectivity index (χ4v) is 1.57. The Morgan fingerprint density at radius 2 is 1.75 bits per heavy atom. The zero-order chi connectivity index (χ0) is 8.48. The topological polar surface area (TPSA) is 54.4 Å². The van der Waals surface area contributed by atoms with E-state index in [1.807, 2.05) is 0 Å². The molecular weight excluding hydrogens is 228 g/mol. The third-order valence-corrected chi connectivity index (χ3v) is 2.39. The van der Waals surface area contributed by atoms with Gasteiger partial charge in [-0.2, -0.15) is 8.42 Å². The van der Waals surface area contributed by atoms with Gasteiger partial charge in [-0.15, -0.1) is 0 Å². The normalized spacial score (nSPS) is 10.5. The zero-order valence-electron chi connectivity index (χ0n) is 6.28. The maximum atomic E-state index is 10.6. The Kier molecular flexibility index (Phi) is 3.93. The van der Waals surface area contributed by atoms with Gasteiger partial charge in [0.25, 0.3) is 10.1 Å². The standard InChI is InChI=1S/C7H8O3S.Cu/c1-6-4-2-3-5-7(6)11(8,9)10;/h2-5H,1H3,(H,8,9,10);. The van der Waals surface area contributed by atoms with Crippen LogP contribution in [0.4, 0.5) is 0 Å². The molecule has 0 fully saturated rings. The second-order valence-electron chi connectivity index (χ2n) is 2.24. The fourth-order valence-electron chi connectivity index (χ4n) is 0.846. The van der Waals surface area contributed by atoms with Crippen LogP contribution in [0.25, 0.3) is 0 Å². The fraction of sp³-hybridized carbons (Fsp3) is 0.143. The largest absolute Gasteiger partial charge is 0.294 e. The first-order valence-corrected chi connectivity index (χ1v) is 4.49. The summed E-state index contributed by atoms with van der Waals surface area (Å²) in [5, 5.41) is 0. The average molecular weight is 236 g/mol. The van der Waals surface area contributed by atoms with Crippen LogP contribution in [0.5, 0.6) is 0 Å². The molecule has 1 radical (unpaired) electrons. The summed E-state index contributed by atoms with van der Waals surface area (Å²) in [5.74, 6) is 0. The molecule has 0 unspecified atom stereocenters. The van der Waals surface area contributed by atoms with E-state index in [4.69, 9.17) is 4.55 Å². The molecule has 0 aliphatic carbocycles. The molecule has 0 aliphatic rings. The van der Waals surface area contributed by atoms with Crippen molar-refractivity contribution in [1.29, 1.82) is 0 Å². The molecule has 71 valence electrons. The summed E-state index contributed by atoms with van der Waals surface area (Å²) >= 11 is 0. The van der Waals surface area contributed by atoms with Crippen molar-refractivity contribution in [1.82, 2.24) is 0 Å². The Morgan fingerprint density at radius 3 is 2.08 bits per heavy atom. The van der Waals surface area contributed by atoms with E-state index >= 15 is 0 Å². The molecule has 0 amide bonds. The van der Waals surface area contributed by atoms with E-state index in [-0.39, 0.29) is 22.0 Å². The molecule has 0 aromatic heterocycles. The molecule has 1 aromatic carbocycles. The molecule has 0 bridgehead atoms. The first-order valence-electron chi connectivity index (χ1n) is 3.05. The summed E-state index contributed by atoms with van der Waals surface area (Å²) in [6, 6.07) is 6.27. The molecule has 5 heteroatoms. The summed E-state index contributed by atoms with van der Waals surface area (Å²) in [6.07, 6.45) is 0. The Bertz CT molecular complexity index is 359. The van der Waals surface area contributed by atoms with Crippen molar-refractivity contribution in [2.45, 2.75) is 11.8 Å². The molecule has 0 heterocycles. The van der Waals surface area contributed by atoms with Crippen LogP contribution in [0.15, 0.2) is 29.2 Å². The van der Waals surface area contributed by atoms with Crippen molar-refractivity contribution in [2.75, 3.05) is 0 Å². The number of hydrogen-bond acceptors (Lipinski definition) is 2. The van der Waals surface area contributed by atoms with Gasteiger partial charge >= 0.3 is 0 Å². The van der Waals surface area contributed by atoms with E-state index in [9.17, 15) is 8.42 Å². The molecule has 1 aromatic rings. The predicted octanol–water partition coefficient (Wildman–Crippen LogP) is 1.24. The maximum absolute atomic E-state index is 10.6. The molecule has 0 atom stereocenters. The quantitative estimate of drug-likeness (QED) is 0.589. The molecule has 12 heavy (non-hydrogen) atoms. The van der Waals surface area contributed by atoms with Gasteiger partial charge in [-0.05, 0) is 18.6 Å². The summed E-state index contributed by atoms with van der Waals surface area (Å²) < 4.78 is 29.9. The average Bonchev–Trinajstić information content (AvgIpc) is 1.86. The number of rotatable bonds is 1. The predicted molar refractivity (Wildman–Crippen MR) is 41.0 cm³/mol. The van der Waals surface area contributed by atoms with Crippen molar-refractivity contribution in [3.05, 3.63) is 29.8 Å². The molecule has 0 aliphatic heterocycles. The molecule has 0 saturated carbocycles. The van der Waals surface area contributed by atoms with Crippen molar-refractivity contribution >= 4 is 10.1 Å². The van der Waals surface area contributed by atoms with Gasteiger partial charge in [-0.25, -0.2) is 0 Å². The van der Waals surface area contributed by atoms with Crippen LogP contribution < -0.4 is 0 Å². The Balaban J connectivity index is 0.00000121. The molecule has 0 spiro atoms. The van der Waals surface area contributed by atoms with Gasteiger partial charge < -0.3 is 0 Å². The summed E-state index contributed by atoms with van der Waals surface area (Å²) in [4.78, 5) is -0.0278. The minimum atomic E-state index is -4.03. The Labute approximate surface area is 82.0 Å². The van der Waals surface area contributed by atoms with E-state index in [0.717, 1.165) is 0 Å². The van der Waals surface area contributed by atoms with E-state index in [1.54, 1.807) is 25.1 Å². The van der Waals surface area contributed by atoms with Gasteiger partial charge in [0.15, 0.2) is 0 Å². The molecule has 0 saturated heterocycles. The summed E-state index contributed by atoms with van der Waals surface area (Å²) in [7, 11) is -4.03. The van der Waals surface area contributed by atoms with Crippen molar-refractivity contribution in [3.63, 3.8) is 0 Å². The van der Waals surface area contributed by atoms with Gasteiger partial charge in [-0.1, -0.05) is 18.2 Å². The third kappa shape index (κ3) is 2.60. The van der Waals surface area contributed by atoms with E-state index in [1.165, 1.54) is 6.07 Å². The third-order valence-electron chi connectivity index (χ3n) is 1.37. The van der Waals surface area contributed by atoms with Crippen molar-refractivity contribution in [3.8, 4) is 0 Å². The van der Waals surface area contributed by atoms with Crippen LogP contribution in [0.2, 0.25) is 0 Å². The van der Waals surface area contributed by atoms with Crippen LogP contribution in [0.3, 0.4) is 0 Å². The monoisotopic (exact) mass is 235 g/mol. The SMILES string of the molecule is Cc1ccccc1S(=O)(=O)O.[Cu]. The zero-order valence-corrected chi connectivity index (χ0v) is 8.04. The van der Waals surface area contributed by atoms with E-state index < -0.39 is 10.1 Å². The van der Waals surface area contributed by atoms with Gasteiger partial charge in [0, 0.05) is 17.1 Å². The second kappa shape index (κ2) is 4.05. The van der Waals surface area contributed by atoms with Crippen LogP contribution in [-0.4, -0.2) is 13.0 Å². The minimum absolute atomic E-state index is 0. The number of benzene rings is 1. The van der Waals surface area contributed by atoms with Gasteiger partial charge in [0.2, 0.25) is 0 Å². The molecule has 1 rings (SSSR count). The molecular formula is C7H8CuO3S. The number of aryl methyl sites for hydroxylation is 1. The second-order valence-corrected chi connectivity index (χ2v) is 3.63. The van der Waals surface area contributed by atoms with Gasteiger partial charge in [-0.3, -0.25) is 4.55 Å². The van der Waals surface area contributed by atoms with Crippen LogP contribution in [-0.2, 0) is 27.2 Å². The van der Waals surface area contributed by atoms with Gasteiger partial charge in [0.1, 0.15) is 0 Å². The summed E-state index contributed by atoms with van der Waals surface area (Å²) in [5.41, 5.74) is 0.551. The molecule has 3 nitrogen and oxygen atoms in total. The van der Waals surface area contributed by atoms with Crippen molar-refractivity contribution in [2.24, 2.45) is 0 Å². The van der Waals surface area contributed by atoms with Gasteiger partial charge in [0.05, 0.1) is 4.90 Å². The number of hydrogen-bond donors (Lipinski definition) is 1. The van der Waals surface area contributed by atoms with E-state index in [2.05, 4.69) is 0 Å². The van der Waals surface area contributed by atoms with Crippen molar-refractivity contribution < 1.29 is 30.0 Å². The maximum Gasteiger partial charge on any atom is 0.294 e. The smallest absolute Gasteiger partial charge is 0.282 e. The van der Waals surface area contributed by atoms with Crippen LogP contribution >= 0.6 is 0 Å². The van der Waals surface area contributed by atoms with Crippen LogP contribution in [0.1, 0.15) is 5.56 Å². The van der Waals surface area contributed by atoms with Crippen LogP contribution in [0, 0.1) is 6.92 Å². The van der Waals surface area contributed by atoms with E-state index in [0.29, 0.717) is 5.56 Å². The first-order chi connectivity index (χ1) is 5.02. The Morgan fingerprint density at radius 1 is 1.25 bits per heavy atom. The molecule has 1 N–H and O–H groups in total. The summed E-state index contributed by atoms with van der Waals surface area (Å²) in [6.45, 7) is 1.63. The minimum Gasteiger partial charge on any atom is -0.282 e.